The first kappa shape index (κ1) is 17.6. The molecule has 0 amide bonds. The van der Waals surface area contributed by atoms with E-state index in [1.165, 1.54) is 10.0 Å². The maximum Gasteiger partial charge on any atom is 0.0587 e. The number of hydrogen-bond acceptors (Lipinski definition) is 3. The second kappa shape index (κ2) is 10.3. The lowest BCUT2D eigenvalue weighted by atomic mass is 9.88. The Morgan fingerprint density at radius 3 is 2.60 bits per heavy atom. The average Bonchev–Trinajstić information content (AvgIpc) is 2.44. The highest BCUT2D eigenvalue weighted by molar-refractivity contribution is 9.10. The van der Waals surface area contributed by atoms with Gasteiger partial charge in [0, 0.05) is 31.8 Å². The molecular formula is C16H26BrNO2. The van der Waals surface area contributed by atoms with Crippen LogP contribution in [-0.4, -0.2) is 40.5 Å². The standard InChI is InChI=1S/C16H26BrNO2/c1-13(12-20-3)15(11-18-8-9-19-2)10-14-6-4-5-7-16(14)17/h4-7,13,15,18H,8-12H2,1-3H3. The monoisotopic (exact) mass is 343 g/mol. The minimum absolute atomic E-state index is 0.516. The molecule has 3 nitrogen and oxygen atoms in total. The van der Waals surface area contributed by atoms with Gasteiger partial charge in [-0.25, -0.2) is 0 Å². The number of methoxy groups -OCH3 is 2. The first-order chi connectivity index (χ1) is 9.69. The number of benzene rings is 1. The van der Waals surface area contributed by atoms with E-state index in [2.05, 4.69) is 52.4 Å². The zero-order valence-electron chi connectivity index (χ0n) is 12.7. The summed E-state index contributed by atoms with van der Waals surface area (Å²) in [4.78, 5) is 0. The van der Waals surface area contributed by atoms with Gasteiger partial charge in [0.2, 0.25) is 0 Å². The normalized spacial score (nSPS) is 14.2. The van der Waals surface area contributed by atoms with Gasteiger partial charge in [-0.2, -0.15) is 0 Å². The second-order valence-corrected chi connectivity index (χ2v) is 6.04. The van der Waals surface area contributed by atoms with Gasteiger partial charge < -0.3 is 14.8 Å². The third kappa shape index (κ3) is 6.35. The maximum absolute atomic E-state index is 5.32. The zero-order valence-corrected chi connectivity index (χ0v) is 14.3. The van der Waals surface area contributed by atoms with Crippen molar-refractivity contribution in [3.8, 4) is 0 Å². The third-order valence-electron chi connectivity index (χ3n) is 3.56. The minimum Gasteiger partial charge on any atom is -0.384 e. The summed E-state index contributed by atoms with van der Waals surface area (Å²) in [5.74, 6) is 1.06. The summed E-state index contributed by atoms with van der Waals surface area (Å²) >= 11 is 3.63. The van der Waals surface area contributed by atoms with Crippen LogP contribution in [-0.2, 0) is 15.9 Å². The Morgan fingerprint density at radius 1 is 1.20 bits per heavy atom. The molecule has 20 heavy (non-hydrogen) atoms. The Bertz CT molecular complexity index is 373. The lowest BCUT2D eigenvalue weighted by molar-refractivity contribution is 0.126. The summed E-state index contributed by atoms with van der Waals surface area (Å²) in [6.45, 7) is 5.67. The number of ether oxygens (including phenoxy) is 2. The Morgan fingerprint density at radius 2 is 1.95 bits per heavy atom. The average molecular weight is 344 g/mol. The topological polar surface area (TPSA) is 30.5 Å². The molecule has 0 aliphatic carbocycles. The Kier molecular flexibility index (Phi) is 9.10. The van der Waals surface area contributed by atoms with E-state index in [0.29, 0.717) is 11.8 Å². The van der Waals surface area contributed by atoms with Gasteiger partial charge in [-0.1, -0.05) is 41.1 Å². The molecular weight excluding hydrogens is 318 g/mol. The predicted octanol–water partition coefficient (Wildman–Crippen LogP) is 3.13. The summed E-state index contributed by atoms with van der Waals surface area (Å²) in [7, 11) is 3.50. The molecule has 0 bridgehead atoms. The third-order valence-corrected chi connectivity index (χ3v) is 4.34. The molecule has 0 heterocycles. The van der Waals surface area contributed by atoms with Crippen molar-refractivity contribution in [2.24, 2.45) is 11.8 Å². The van der Waals surface area contributed by atoms with Gasteiger partial charge in [0.1, 0.15) is 0 Å². The zero-order chi connectivity index (χ0) is 14.8. The molecule has 0 aliphatic rings. The van der Waals surface area contributed by atoms with E-state index in [1.807, 2.05) is 0 Å². The Labute approximate surface area is 131 Å². The summed E-state index contributed by atoms with van der Waals surface area (Å²) in [5, 5.41) is 3.47. The first-order valence-electron chi connectivity index (χ1n) is 7.11. The lowest BCUT2D eigenvalue weighted by Crippen LogP contribution is -2.32. The van der Waals surface area contributed by atoms with Gasteiger partial charge in [0.15, 0.2) is 0 Å². The van der Waals surface area contributed by atoms with Crippen molar-refractivity contribution in [3.63, 3.8) is 0 Å². The van der Waals surface area contributed by atoms with Gasteiger partial charge in [0.25, 0.3) is 0 Å². The molecule has 0 spiro atoms. The van der Waals surface area contributed by atoms with Crippen molar-refractivity contribution in [3.05, 3.63) is 34.3 Å². The van der Waals surface area contributed by atoms with Crippen LogP contribution < -0.4 is 5.32 Å². The fourth-order valence-corrected chi connectivity index (χ4v) is 2.73. The number of halogens is 1. The van der Waals surface area contributed by atoms with E-state index < -0.39 is 0 Å². The summed E-state index contributed by atoms with van der Waals surface area (Å²) in [6.07, 6.45) is 1.05. The molecule has 0 fully saturated rings. The molecule has 0 aliphatic heterocycles. The number of nitrogens with one attached hydrogen (secondary N) is 1. The van der Waals surface area contributed by atoms with E-state index in [0.717, 1.165) is 32.7 Å². The van der Waals surface area contributed by atoms with Crippen molar-refractivity contribution >= 4 is 15.9 Å². The van der Waals surface area contributed by atoms with Crippen LogP contribution in [0.1, 0.15) is 12.5 Å². The van der Waals surface area contributed by atoms with Gasteiger partial charge in [0.05, 0.1) is 6.61 Å². The van der Waals surface area contributed by atoms with Crippen LogP contribution in [0.15, 0.2) is 28.7 Å². The van der Waals surface area contributed by atoms with Crippen LogP contribution in [0.5, 0.6) is 0 Å². The molecule has 2 unspecified atom stereocenters. The first-order valence-corrected chi connectivity index (χ1v) is 7.90. The van der Waals surface area contributed by atoms with Crippen LogP contribution in [0.25, 0.3) is 0 Å². The molecule has 1 rings (SSSR count). The molecule has 1 aromatic rings. The number of hydrogen-bond donors (Lipinski definition) is 1. The fraction of sp³-hybridized carbons (Fsp3) is 0.625. The van der Waals surface area contributed by atoms with E-state index in [9.17, 15) is 0 Å². The highest BCUT2D eigenvalue weighted by atomic mass is 79.9. The smallest absolute Gasteiger partial charge is 0.0587 e. The minimum atomic E-state index is 0.516. The second-order valence-electron chi connectivity index (χ2n) is 5.19. The molecule has 4 heteroatoms. The van der Waals surface area contributed by atoms with E-state index in [1.54, 1.807) is 14.2 Å². The van der Waals surface area contributed by atoms with Crippen molar-refractivity contribution in [1.82, 2.24) is 5.32 Å². The van der Waals surface area contributed by atoms with Crippen molar-refractivity contribution in [1.29, 1.82) is 0 Å². The molecule has 114 valence electrons. The Hall–Kier alpha value is -0.420. The molecule has 0 saturated heterocycles. The molecule has 2 atom stereocenters. The van der Waals surface area contributed by atoms with E-state index >= 15 is 0 Å². The van der Waals surface area contributed by atoms with Gasteiger partial charge in [-0.3, -0.25) is 0 Å². The van der Waals surface area contributed by atoms with Crippen LogP contribution in [0.3, 0.4) is 0 Å². The molecule has 1 aromatic carbocycles. The van der Waals surface area contributed by atoms with Crippen LogP contribution in [0.2, 0.25) is 0 Å². The summed E-state index contributed by atoms with van der Waals surface area (Å²) in [6, 6.07) is 8.44. The molecule has 0 radical (unpaired) electrons. The van der Waals surface area contributed by atoms with E-state index in [-0.39, 0.29) is 0 Å². The van der Waals surface area contributed by atoms with Gasteiger partial charge in [-0.05, 0) is 36.4 Å². The van der Waals surface area contributed by atoms with Crippen LogP contribution in [0, 0.1) is 11.8 Å². The van der Waals surface area contributed by atoms with Crippen LogP contribution in [0.4, 0.5) is 0 Å². The van der Waals surface area contributed by atoms with Crippen LogP contribution >= 0.6 is 15.9 Å². The molecule has 0 aromatic heterocycles. The SMILES string of the molecule is COCCNCC(Cc1ccccc1Br)C(C)COC. The van der Waals surface area contributed by atoms with Gasteiger partial charge in [-0.15, -0.1) is 0 Å². The van der Waals surface area contributed by atoms with Crippen molar-refractivity contribution in [2.45, 2.75) is 13.3 Å². The van der Waals surface area contributed by atoms with Crippen molar-refractivity contribution in [2.75, 3.05) is 40.5 Å². The quantitative estimate of drug-likeness (QED) is 0.662. The highest BCUT2D eigenvalue weighted by Crippen LogP contribution is 2.23. The fourth-order valence-electron chi connectivity index (χ4n) is 2.28. The maximum atomic E-state index is 5.32. The van der Waals surface area contributed by atoms with E-state index in [4.69, 9.17) is 9.47 Å². The predicted molar refractivity (Wildman–Crippen MR) is 87.1 cm³/mol. The molecule has 1 N–H and O–H groups in total. The van der Waals surface area contributed by atoms with Gasteiger partial charge >= 0.3 is 0 Å². The number of rotatable bonds is 10. The summed E-state index contributed by atoms with van der Waals surface area (Å²) < 4.78 is 11.6. The largest absolute Gasteiger partial charge is 0.384 e. The highest BCUT2D eigenvalue weighted by Gasteiger charge is 2.18. The molecule has 0 saturated carbocycles. The Balaban J connectivity index is 2.59. The van der Waals surface area contributed by atoms with Crippen molar-refractivity contribution < 1.29 is 9.47 Å². The lowest BCUT2D eigenvalue weighted by Gasteiger charge is -2.24. The summed E-state index contributed by atoms with van der Waals surface area (Å²) in [5.41, 5.74) is 1.36.